The molecule has 1 heterocycles. The Labute approximate surface area is 97.5 Å². The van der Waals surface area contributed by atoms with Gasteiger partial charge in [-0.3, -0.25) is 4.68 Å². The van der Waals surface area contributed by atoms with Crippen molar-refractivity contribution in [2.45, 2.75) is 52.2 Å². The molecule has 3 nitrogen and oxygen atoms in total. The molecule has 4 unspecified atom stereocenters. The molecule has 4 atom stereocenters. The molecule has 1 aliphatic carbocycles. The van der Waals surface area contributed by atoms with E-state index in [4.69, 9.17) is 0 Å². The molecule has 1 N–H and O–H groups in total. The van der Waals surface area contributed by atoms with Crippen LogP contribution in [0, 0.1) is 11.8 Å². The van der Waals surface area contributed by atoms with Gasteiger partial charge in [-0.2, -0.15) is 5.10 Å². The molecule has 1 aliphatic rings. The van der Waals surface area contributed by atoms with Crippen LogP contribution in [-0.2, 0) is 0 Å². The summed E-state index contributed by atoms with van der Waals surface area (Å²) in [6, 6.07) is 0.527. The standard InChI is InChI=1S/C13H22N2O/c1-9-4-5-13(6-10(9)2)15-8-12(7-14-15)11(3)16/h7-11,13,16H,4-6H2,1-3H3. The Morgan fingerprint density at radius 1 is 1.38 bits per heavy atom. The Kier molecular flexibility index (Phi) is 3.33. The first kappa shape index (κ1) is 11.6. The summed E-state index contributed by atoms with van der Waals surface area (Å²) < 4.78 is 2.05. The SMILES string of the molecule is CC(O)c1cnn(C2CCC(C)C(C)C2)c1. The lowest BCUT2D eigenvalue weighted by molar-refractivity contribution is 0.194. The van der Waals surface area contributed by atoms with Crippen molar-refractivity contribution < 1.29 is 5.11 Å². The first-order chi connectivity index (χ1) is 7.58. The van der Waals surface area contributed by atoms with E-state index in [1.165, 1.54) is 19.3 Å². The summed E-state index contributed by atoms with van der Waals surface area (Å²) in [6.07, 6.45) is 7.09. The van der Waals surface area contributed by atoms with E-state index in [-0.39, 0.29) is 0 Å². The minimum atomic E-state index is -0.409. The van der Waals surface area contributed by atoms with Crippen LogP contribution in [0.4, 0.5) is 0 Å². The number of hydrogen-bond acceptors (Lipinski definition) is 2. The van der Waals surface area contributed by atoms with Crippen LogP contribution in [0.3, 0.4) is 0 Å². The zero-order chi connectivity index (χ0) is 11.7. The van der Waals surface area contributed by atoms with Gasteiger partial charge in [-0.15, -0.1) is 0 Å². The Morgan fingerprint density at radius 2 is 2.12 bits per heavy atom. The molecule has 0 bridgehead atoms. The van der Waals surface area contributed by atoms with Crippen molar-refractivity contribution in [3.63, 3.8) is 0 Å². The third-order valence-corrected chi connectivity index (χ3v) is 4.05. The van der Waals surface area contributed by atoms with Crippen molar-refractivity contribution in [1.29, 1.82) is 0 Å². The lowest BCUT2D eigenvalue weighted by Crippen LogP contribution is -2.23. The van der Waals surface area contributed by atoms with Gasteiger partial charge in [-0.05, 0) is 38.0 Å². The molecule has 0 radical (unpaired) electrons. The van der Waals surface area contributed by atoms with E-state index >= 15 is 0 Å². The molecule has 2 rings (SSSR count). The fourth-order valence-electron chi connectivity index (χ4n) is 2.53. The Hall–Kier alpha value is -0.830. The zero-order valence-electron chi connectivity index (χ0n) is 10.4. The summed E-state index contributed by atoms with van der Waals surface area (Å²) in [5.41, 5.74) is 0.922. The predicted molar refractivity (Wildman–Crippen MR) is 64.1 cm³/mol. The summed E-state index contributed by atoms with van der Waals surface area (Å²) in [5, 5.41) is 13.9. The summed E-state index contributed by atoms with van der Waals surface area (Å²) in [4.78, 5) is 0. The molecule has 0 aromatic carbocycles. The van der Waals surface area contributed by atoms with Crippen molar-refractivity contribution in [1.82, 2.24) is 9.78 Å². The topological polar surface area (TPSA) is 38.1 Å². The van der Waals surface area contributed by atoms with Crippen LogP contribution in [-0.4, -0.2) is 14.9 Å². The lowest BCUT2D eigenvalue weighted by Gasteiger charge is -2.32. The average Bonchev–Trinajstić information content (AvgIpc) is 2.71. The number of nitrogens with zero attached hydrogens (tertiary/aromatic N) is 2. The van der Waals surface area contributed by atoms with Crippen LogP contribution in [0.5, 0.6) is 0 Å². The Bertz CT molecular complexity index is 345. The number of aromatic nitrogens is 2. The van der Waals surface area contributed by atoms with Crippen molar-refractivity contribution >= 4 is 0 Å². The summed E-state index contributed by atoms with van der Waals surface area (Å²) >= 11 is 0. The van der Waals surface area contributed by atoms with Crippen LogP contribution < -0.4 is 0 Å². The Balaban J connectivity index is 2.07. The van der Waals surface area contributed by atoms with Gasteiger partial charge >= 0.3 is 0 Å². The maximum Gasteiger partial charge on any atom is 0.0792 e. The molecule has 1 aromatic rings. The lowest BCUT2D eigenvalue weighted by atomic mass is 9.79. The predicted octanol–water partition coefficient (Wildman–Crippen LogP) is 2.93. The largest absolute Gasteiger partial charge is 0.389 e. The minimum Gasteiger partial charge on any atom is -0.389 e. The molecule has 90 valence electrons. The summed E-state index contributed by atoms with van der Waals surface area (Å²) in [6.45, 7) is 6.45. The second kappa shape index (κ2) is 4.58. The van der Waals surface area contributed by atoms with Gasteiger partial charge in [0.05, 0.1) is 18.3 Å². The number of aliphatic hydroxyl groups is 1. The highest BCUT2D eigenvalue weighted by Crippen LogP contribution is 2.35. The molecule has 3 heteroatoms. The van der Waals surface area contributed by atoms with Crippen LogP contribution >= 0.6 is 0 Å². The number of hydrogen-bond donors (Lipinski definition) is 1. The quantitative estimate of drug-likeness (QED) is 0.835. The summed E-state index contributed by atoms with van der Waals surface area (Å²) in [7, 11) is 0. The highest BCUT2D eigenvalue weighted by atomic mass is 16.3. The van der Waals surface area contributed by atoms with E-state index in [1.807, 2.05) is 10.9 Å². The van der Waals surface area contributed by atoms with Crippen LogP contribution in [0.1, 0.15) is 57.7 Å². The van der Waals surface area contributed by atoms with Crippen molar-refractivity contribution in [3.8, 4) is 0 Å². The van der Waals surface area contributed by atoms with Gasteiger partial charge in [-0.25, -0.2) is 0 Å². The second-order valence-electron chi connectivity index (χ2n) is 5.35. The molecular formula is C13H22N2O. The monoisotopic (exact) mass is 222 g/mol. The van der Waals surface area contributed by atoms with Crippen molar-refractivity contribution in [2.75, 3.05) is 0 Å². The summed E-state index contributed by atoms with van der Waals surface area (Å²) in [5.74, 6) is 1.61. The molecular weight excluding hydrogens is 200 g/mol. The highest BCUT2D eigenvalue weighted by molar-refractivity contribution is 5.07. The van der Waals surface area contributed by atoms with E-state index in [2.05, 4.69) is 18.9 Å². The molecule has 0 saturated heterocycles. The molecule has 1 fully saturated rings. The van der Waals surface area contributed by atoms with Gasteiger partial charge in [0.15, 0.2) is 0 Å². The molecule has 0 aliphatic heterocycles. The van der Waals surface area contributed by atoms with E-state index in [0.717, 1.165) is 17.4 Å². The van der Waals surface area contributed by atoms with Crippen LogP contribution in [0.2, 0.25) is 0 Å². The van der Waals surface area contributed by atoms with E-state index in [0.29, 0.717) is 6.04 Å². The van der Waals surface area contributed by atoms with Gasteiger partial charge < -0.3 is 5.11 Å². The van der Waals surface area contributed by atoms with E-state index < -0.39 is 6.10 Å². The van der Waals surface area contributed by atoms with Gasteiger partial charge in [0.1, 0.15) is 0 Å². The maximum absolute atomic E-state index is 9.48. The normalized spacial score (nSPS) is 32.6. The highest BCUT2D eigenvalue weighted by Gasteiger charge is 2.26. The van der Waals surface area contributed by atoms with Gasteiger partial charge in [-0.1, -0.05) is 13.8 Å². The average molecular weight is 222 g/mol. The zero-order valence-corrected chi connectivity index (χ0v) is 10.4. The first-order valence-electron chi connectivity index (χ1n) is 6.30. The Morgan fingerprint density at radius 3 is 2.69 bits per heavy atom. The first-order valence-corrected chi connectivity index (χ1v) is 6.30. The third-order valence-electron chi connectivity index (χ3n) is 4.05. The fourth-order valence-corrected chi connectivity index (χ4v) is 2.53. The molecule has 0 amide bonds. The fraction of sp³-hybridized carbons (Fsp3) is 0.769. The minimum absolute atomic E-state index is 0.409. The van der Waals surface area contributed by atoms with E-state index in [9.17, 15) is 5.11 Å². The smallest absolute Gasteiger partial charge is 0.0792 e. The molecule has 1 saturated carbocycles. The van der Waals surface area contributed by atoms with Crippen molar-refractivity contribution in [2.24, 2.45) is 11.8 Å². The van der Waals surface area contributed by atoms with Crippen LogP contribution in [0.15, 0.2) is 12.4 Å². The molecule has 1 aromatic heterocycles. The number of aliphatic hydroxyl groups excluding tert-OH is 1. The van der Waals surface area contributed by atoms with E-state index in [1.54, 1.807) is 13.1 Å². The third kappa shape index (κ3) is 2.29. The van der Waals surface area contributed by atoms with Gasteiger partial charge in [0.25, 0.3) is 0 Å². The molecule has 16 heavy (non-hydrogen) atoms. The van der Waals surface area contributed by atoms with Gasteiger partial charge in [0.2, 0.25) is 0 Å². The maximum atomic E-state index is 9.48. The number of rotatable bonds is 2. The van der Waals surface area contributed by atoms with Gasteiger partial charge in [0, 0.05) is 11.8 Å². The van der Waals surface area contributed by atoms with Crippen LogP contribution in [0.25, 0.3) is 0 Å². The second-order valence-corrected chi connectivity index (χ2v) is 5.35. The van der Waals surface area contributed by atoms with Crippen molar-refractivity contribution in [3.05, 3.63) is 18.0 Å². The molecule has 0 spiro atoms.